The summed E-state index contributed by atoms with van der Waals surface area (Å²) in [6.45, 7) is 4.96. The third-order valence-electron chi connectivity index (χ3n) is 4.78. The van der Waals surface area contributed by atoms with Crippen LogP contribution in [0.1, 0.15) is 37.3 Å². The highest BCUT2D eigenvalue weighted by Crippen LogP contribution is 2.21. The highest BCUT2D eigenvalue weighted by atomic mass is 16.4. The Labute approximate surface area is 127 Å². The first-order chi connectivity index (χ1) is 10.1. The van der Waals surface area contributed by atoms with Gasteiger partial charge in [0.2, 0.25) is 0 Å². The van der Waals surface area contributed by atoms with Crippen LogP contribution in [0.5, 0.6) is 0 Å². The molecule has 4 nitrogen and oxygen atoms in total. The van der Waals surface area contributed by atoms with E-state index < -0.39 is 11.5 Å². The maximum absolute atomic E-state index is 11.5. The van der Waals surface area contributed by atoms with Crippen molar-refractivity contribution >= 4 is 5.97 Å². The lowest BCUT2D eigenvalue weighted by molar-refractivity contribution is -0.145. The minimum atomic E-state index is -0.770. The van der Waals surface area contributed by atoms with E-state index in [4.69, 9.17) is 0 Å². The van der Waals surface area contributed by atoms with Crippen LogP contribution in [0.15, 0.2) is 24.3 Å². The molecule has 0 saturated heterocycles. The highest BCUT2D eigenvalue weighted by Gasteiger charge is 2.34. The molecule has 0 fully saturated rings. The Morgan fingerprint density at radius 2 is 2.10 bits per heavy atom. The van der Waals surface area contributed by atoms with Gasteiger partial charge in [0.25, 0.3) is 0 Å². The van der Waals surface area contributed by atoms with E-state index in [-0.39, 0.29) is 0 Å². The van der Waals surface area contributed by atoms with Crippen LogP contribution < -0.4 is 5.32 Å². The van der Waals surface area contributed by atoms with Crippen molar-refractivity contribution in [2.45, 2.75) is 44.7 Å². The van der Waals surface area contributed by atoms with Gasteiger partial charge in [-0.3, -0.25) is 9.69 Å². The molecule has 4 heteroatoms. The van der Waals surface area contributed by atoms with Crippen molar-refractivity contribution in [2.75, 3.05) is 20.1 Å². The lowest BCUT2D eigenvalue weighted by atomic mass is 9.90. The summed E-state index contributed by atoms with van der Waals surface area (Å²) in [5.41, 5.74) is 2.10. The van der Waals surface area contributed by atoms with Crippen LogP contribution in [0.2, 0.25) is 0 Å². The number of rotatable bonds is 7. The van der Waals surface area contributed by atoms with Gasteiger partial charge in [0, 0.05) is 13.1 Å². The van der Waals surface area contributed by atoms with Crippen LogP contribution in [0.25, 0.3) is 0 Å². The van der Waals surface area contributed by atoms with Gasteiger partial charge in [0.15, 0.2) is 0 Å². The van der Waals surface area contributed by atoms with Crippen LogP contribution >= 0.6 is 0 Å². The quantitative estimate of drug-likeness (QED) is 0.809. The molecule has 1 heterocycles. The Balaban J connectivity index is 1.86. The van der Waals surface area contributed by atoms with E-state index in [9.17, 15) is 9.90 Å². The largest absolute Gasteiger partial charge is 0.480 e. The summed E-state index contributed by atoms with van der Waals surface area (Å²) >= 11 is 0. The summed E-state index contributed by atoms with van der Waals surface area (Å²) in [6, 6.07) is 8.60. The zero-order chi connectivity index (χ0) is 15.3. The fourth-order valence-electron chi connectivity index (χ4n) is 3.19. The first-order valence-electron chi connectivity index (χ1n) is 7.83. The molecule has 1 aromatic rings. The number of benzene rings is 1. The predicted octanol–water partition coefficient (Wildman–Crippen LogP) is 2.28. The van der Waals surface area contributed by atoms with Gasteiger partial charge in [-0.25, -0.2) is 0 Å². The van der Waals surface area contributed by atoms with E-state index in [1.807, 2.05) is 6.92 Å². The van der Waals surface area contributed by atoms with E-state index in [0.717, 1.165) is 32.5 Å². The molecule has 0 radical (unpaired) electrons. The van der Waals surface area contributed by atoms with Gasteiger partial charge in [-0.2, -0.15) is 0 Å². The van der Waals surface area contributed by atoms with Gasteiger partial charge in [-0.05, 0) is 50.4 Å². The van der Waals surface area contributed by atoms with E-state index in [2.05, 4.69) is 34.5 Å². The highest BCUT2D eigenvalue weighted by molar-refractivity contribution is 5.78. The molecular formula is C17H26N2O2. The molecule has 2 N–H and O–H groups in total. The first-order valence-corrected chi connectivity index (χ1v) is 7.83. The monoisotopic (exact) mass is 290 g/mol. The van der Waals surface area contributed by atoms with Gasteiger partial charge in [-0.15, -0.1) is 0 Å². The first kappa shape index (κ1) is 16.0. The van der Waals surface area contributed by atoms with Gasteiger partial charge >= 0.3 is 5.97 Å². The molecule has 0 spiro atoms. The molecule has 1 atom stereocenters. The van der Waals surface area contributed by atoms with E-state index in [0.29, 0.717) is 12.8 Å². The van der Waals surface area contributed by atoms with Gasteiger partial charge in [0.05, 0.1) is 0 Å². The van der Waals surface area contributed by atoms with Crippen molar-refractivity contribution in [1.29, 1.82) is 0 Å². The molecule has 116 valence electrons. The number of carbonyl (C=O) groups is 1. The number of aliphatic carboxylic acids is 1. The Hall–Kier alpha value is -1.39. The Bertz CT molecular complexity index is 483. The fourth-order valence-corrected chi connectivity index (χ4v) is 3.19. The van der Waals surface area contributed by atoms with Gasteiger partial charge in [0.1, 0.15) is 5.54 Å². The Morgan fingerprint density at radius 1 is 1.38 bits per heavy atom. The average molecular weight is 290 g/mol. The lowest BCUT2D eigenvalue weighted by Crippen LogP contribution is -2.50. The van der Waals surface area contributed by atoms with E-state index >= 15 is 0 Å². The Kier molecular flexibility index (Phi) is 5.37. The number of nitrogens with zero attached hydrogens (tertiary/aromatic N) is 1. The fraction of sp³-hybridized carbons (Fsp3) is 0.588. The number of fused-ring (bicyclic) bond motifs is 1. The molecule has 2 rings (SSSR count). The van der Waals surface area contributed by atoms with Crippen LogP contribution in [-0.4, -0.2) is 41.7 Å². The summed E-state index contributed by atoms with van der Waals surface area (Å²) in [6.07, 6.45) is 3.29. The van der Waals surface area contributed by atoms with Crippen molar-refractivity contribution < 1.29 is 9.90 Å². The normalized spacial score (nSPS) is 18.0. The minimum absolute atomic E-state index is 0.613. The van der Waals surface area contributed by atoms with Crippen LogP contribution in [-0.2, 0) is 17.8 Å². The summed E-state index contributed by atoms with van der Waals surface area (Å²) in [5.74, 6) is -0.739. The van der Waals surface area contributed by atoms with E-state index in [1.54, 1.807) is 7.05 Å². The summed E-state index contributed by atoms with van der Waals surface area (Å²) < 4.78 is 0. The molecule has 0 aliphatic carbocycles. The van der Waals surface area contributed by atoms with Gasteiger partial charge in [-0.1, -0.05) is 31.2 Å². The molecule has 0 bridgehead atoms. The molecule has 0 aromatic heterocycles. The molecule has 1 aromatic carbocycles. The second kappa shape index (κ2) is 7.05. The molecule has 21 heavy (non-hydrogen) atoms. The predicted molar refractivity (Wildman–Crippen MR) is 84.4 cm³/mol. The van der Waals surface area contributed by atoms with Crippen molar-refractivity contribution in [3.05, 3.63) is 35.4 Å². The summed E-state index contributed by atoms with van der Waals surface area (Å²) in [4.78, 5) is 13.9. The van der Waals surface area contributed by atoms with Crippen molar-refractivity contribution in [3.63, 3.8) is 0 Å². The molecular weight excluding hydrogens is 264 g/mol. The molecule has 1 unspecified atom stereocenters. The summed E-state index contributed by atoms with van der Waals surface area (Å²) in [7, 11) is 1.74. The number of nitrogens with one attached hydrogen (secondary N) is 1. The van der Waals surface area contributed by atoms with Crippen LogP contribution in [0, 0.1) is 0 Å². The molecule has 1 aliphatic rings. The zero-order valence-electron chi connectivity index (χ0n) is 13.1. The van der Waals surface area contributed by atoms with Gasteiger partial charge < -0.3 is 10.4 Å². The maximum Gasteiger partial charge on any atom is 0.323 e. The number of hydrogen-bond donors (Lipinski definition) is 2. The van der Waals surface area contributed by atoms with Crippen LogP contribution in [0.3, 0.4) is 0 Å². The third kappa shape index (κ3) is 3.63. The van der Waals surface area contributed by atoms with Crippen LogP contribution in [0.4, 0.5) is 0 Å². The number of carboxylic acids is 1. The lowest BCUT2D eigenvalue weighted by Gasteiger charge is -2.31. The molecule has 1 aliphatic heterocycles. The second-order valence-electron chi connectivity index (χ2n) is 5.89. The Morgan fingerprint density at radius 3 is 2.71 bits per heavy atom. The number of carboxylic acid groups (broad SMARTS) is 1. The number of hydrogen-bond acceptors (Lipinski definition) is 3. The molecule has 0 saturated carbocycles. The minimum Gasteiger partial charge on any atom is -0.480 e. The molecule has 0 amide bonds. The zero-order valence-corrected chi connectivity index (χ0v) is 13.1. The van der Waals surface area contributed by atoms with Crippen molar-refractivity contribution in [1.82, 2.24) is 10.2 Å². The standard InChI is InChI=1S/C17H26N2O2/c1-3-17(18-2,16(20)21)10-6-11-19-12-9-14-7-4-5-8-15(14)13-19/h4-5,7-8,18H,3,6,9-13H2,1-2H3,(H,20,21). The maximum atomic E-state index is 11.5. The average Bonchev–Trinajstić information content (AvgIpc) is 2.51. The summed E-state index contributed by atoms with van der Waals surface area (Å²) in [5, 5.41) is 12.4. The van der Waals surface area contributed by atoms with Crippen molar-refractivity contribution in [2.24, 2.45) is 0 Å². The smallest absolute Gasteiger partial charge is 0.323 e. The van der Waals surface area contributed by atoms with Crippen molar-refractivity contribution in [3.8, 4) is 0 Å². The SMILES string of the molecule is CCC(CCCN1CCc2ccccc2C1)(NC)C(=O)O. The van der Waals surface area contributed by atoms with E-state index in [1.165, 1.54) is 11.1 Å². The number of likely N-dealkylation sites (N-methyl/N-ethyl adjacent to an activating group) is 1. The third-order valence-corrected chi connectivity index (χ3v) is 4.78. The second-order valence-corrected chi connectivity index (χ2v) is 5.89. The topological polar surface area (TPSA) is 52.6 Å².